The molecule has 0 saturated carbocycles. The smallest absolute Gasteiger partial charge is 0.408 e. The Labute approximate surface area is 154 Å². The van der Waals surface area contributed by atoms with Crippen LogP contribution < -0.4 is 15.4 Å². The molecule has 1 amide bonds. The molecule has 2 aromatic carbocycles. The minimum Gasteiger partial charge on any atom is -0.408 e. The van der Waals surface area contributed by atoms with Gasteiger partial charge in [0.2, 0.25) is 10.0 Å². The molecule has 4 rings (SSSR count). The third kappa shape index (κ3) is 3.45. The number of nitrogens with one attached hydrogen (secondary N) is 2. The number of fused-ring (bicyclic) bond motifs is 1. The largest absolute Gasteiger partial charge is 0.417 e. The van der Waals surface area contributed by atoms with Crippen LogP contribution >= 0.6 is 0 Å². The summed E-state index contributed by atoms with van der Waals surface area (Å²) < 4.78 is 30.7. The Morgan fingerprint density at radius 3 is 2.63 bits per heavy atom. The normalized spacial score (nSPS) is 16.4. The van der Waals surface area contributed by atoms with E-state index in [1.54, 1.807) is 42.5 Å². The second kappa shape index (κ2) is 6.58. The van der Waals surface area contributed by atoms with E-state index < -0.39 is 15.8 Å². The number of aromatic nitrogens is 1. The van der Waals surface area contributed by atoms with Gasteiger partial charge < -0.3 is 9.73 Å². The third-order valence-corrected chi connectivity index (χ3v) is 6.32. The maximum Gasteiger partial charge on any atom is 0.417 e. The molecule has 1 saturated heterocycles. The standard InChI is InChI=1S/C18H17N3O5S/c22-17(19-13-5-8-15-16(11-13)26-18(23)20-15)12-3-6-14(7-4-12)21-9-1-2-10-27(21,24)25/h3-8,11H,1-2,9-10H2,(H,19,22)(H,20,23). The summed E-state index contributed by atoms with van der Waals surface area (Å²) in [5.74, 6) is -0.760. The zero-order valence-electron chi connectivity index (χ0n) is 14.3. The minimum absolute atomic E-state index is 0.146. The van der Waals surface area contributed by atoms with E-state index in [-0.39, 0.29) is 11.7 Å². The molecule has 1 fully saturated rings. The molecule has 1 aromatic heterocycles. The summed E-state index contributed by atoms with van der Waals surface area (Å²) in [7, 11) is -3.28. The van der Waals surface area contributed by atoms with Crippen molar-refractivity contribution >= 4 is 38.4 Å². The molecule has 1 aliphatic heterocycles. The molecule has 3 aromatic rings. The number of amides is 1. The molecule has 0 radical (unpaired) electrons. The number of H-pyrrole nitrogens is 1. The van der Waals surface area contributed by atoms with Crippen LogP contribution in [-0.2, 0) is 10.0 Å². The summed E-state index contributed by atoms with van der Waals surface area (Å²) in [5, 5.41) is 2.73. The average Bonchev–Trinajstić information content (AvgIpc) is 3.01. The summed E-state index contributed by atoms with van der Waals surface area (Å²) in [5.41, 5.74) is 2.33. The third-order valence-electron chi connectivity index (χ3n) is 4.45. The zero-order valence-corrected chi connectivity index (χ0v) is 15.1. The van der Waals surface area contributed by atoms with Crippen LogP contribution in [0.25, 0.3) is 11.1 Å². The summed E-state index contributed by atoms with van der Waals surface area (Å²) in [4.78, 5) is 26.1. The van der Waals surface area contributed by atoms with Crippen LogP contribution in [0.3, 0.4) is 0 Å². The van der Waals surface area contributed by atoms with Crippen LogP contribution in [0.4, 0.5) is 11.4 Å². The highest BCUT2D eigenvalue weighted by atomic mass is 32.2. The summed E-state index contributed by atoms with van der Waals surface area (Å²) in [6, 6.07) is 11.3. The summed E-state index contributed by atoms with van der Waals surface area (Å²) in [6.45, 7) is 0.454. The van der Waals surface area contributed by atoms with Gasteiger partial charge in [0.15, 0.2) is 5.58 Å². The van der Waals surface area contributed by atoms with E-state index in [4.69, 9.17) is 4.42 Å². The Morgan fingerprint density at radius 1 is 1.11 bits per heavy atom. The predicted molar refractivity (Wildman–Crippen MR) is 102 cm³/mol. The van der Waals surface area contributed by atoms with Gasteiger partial charge in [0.25, 0.3) is 5.91 Å². The number of carbonyl (C=O) groups is 1. The fourth-order valence-corrected chi connectivity index (χ4v) is 4.72. The van der Waals surface area contributed by atoms with Gasteiger partial charge in [-0.15, -0.1) is 0 Å². The molecule has 2 heterocycles. The van der Waals surface area contributed by atoms with Gasteiger partial charge in [0.05, 0.1) is 17.0 Å². The van der Waals surface area contributed by atoms with Crippen molar-refractivity contribution < 1.29 is 17.6 Å². The lowest BCUT2D eigenvalue weighted by molar-refractivity contribution is 0.102. The number of oxazole rings is 1. The van der Waals surface area contributed by atoms with Crippen molar-refractivity contribution in [2.75, 3.05) is 21.9 Å². The van der Waals surface area contributed by atoms with Crippen molar-refractivity contribution in [3.05, 3.63) is 58.6 Å². The van der Waals surface area contributed by atoms with Gasteiger partial charge in [-0.05, 0) is 49.2 Å². The maximum absolute atomic E-state index is 12.4. The van der Waals surface area contributed by atoms with Crippen molar-refractivity contribution in [2.45, 2.75) is 12.8 Å². The first-order valence-electron chi connectivity index (χ1n) is 8.47. The van der Waals surface area contributed by atoms with E-state index >= 15 is 0 Å². The molecule has 2 N–H and O–H groups in total. The number of hydrogen-bond donors (Lipinski definition) is 2. The number of carbonyl (C=O) groups excluding carboxylic acids is 1. The summed E-state index contributed by atoms with van der Waals surface area (Å²) >= 11 is 0. The second-order valence-corrected chi connectivity index (χ2v) is 8.33. The van der Waals surface area contributed by atoms with Gasteiger partial charge in [-0.25, -0.2) is 13.2 Å². The molecule has 0 spiro atoms. The Morgan fingerprint density at radius 2 is 1.89 bits per heavy atom. The highest BCUT2D eigenvalue weighted by Crippen LogP contribution is 2.24. The van der Waals surface area contributed by atoms with E-state index in [9.17, 15) is 18.0 Å². The first-order chi connectivity index (χ1) is 12.9. The lowest BCUT2D eigenvalue weighted by atomic mass is 10.2. The molecular formula is C18H17N3O5S. The number of aromatic amines is 1. The van der Waals surface area contributed by atoms with Crippen molar-refractivity contribution in [3.8, 4) is 0 Å². The number of sulfonamides is 1. The van der Waals surface area contributed by atoms with Gasteiger partial charge in [0.1, 0.15) is 0 Å². The van der Waals surface area contributed by atoms with E-state index in [0.717, 1.165) is 6.42 Å². The number of hydrogen-bond acceptors (Lipinski definition) is 5. The van der Waals surface area contributed by atoms with Crippen LogP contribution in [0.1, 0.15) is 23.2 Å². The maximum atomic E-state index is 12.4. The monoisotopic (exact) mass is 387 g/mol. The first kappa shape index (κ1) is 17.3. The number of anilines is 2. The lowest BCUT2D eigenvalue weighted by Crippen LogP contribution is -2.37. The quantitative estimate of drug-likeness (QED) is 0.716. The Bertz CT molecular complexity index is 1160. The zero-order chi connectivity index (χ0) is 19.0. The van der Waals surface area contributed by atoms with E-state index in [2.05, 4.69) is 10.3 Å². The first-order valence-corrected chi connectivity index (χ1v) is 10.1. The van der Waals surface area contributed by atoms with Gasteiger partial charge in [-0.2, -0.15) is 0 Å². The highest BCUT2D eigenvalue weighted by molar-refractivity contribution is 7.92. The highest BCUT2D eigenvalue weighted by Gasteiger charge is 2.26. The molecule has 0 unspecified atom stereocenters. The molecule has 0 bridgehead atoms. The summed E-state index contributed by atoms with van der Waals surface area (Å²) in [6.07, 6.45) is 1.49. The fourth-order valence-electron chi connectivity index (χ4n) is 3.08. The molecule has 0 aliphatic carbocycles. The molecule has 0 atom stereocenters. The van der Waals surface area contributed by atoms with Crippen LogP contribution in [0.5, 0.6) is 0 Å². The van der Waals surface area contributed by atoms with E-state index in [0.29, 0.717) is 41.0 Å². The van der Waals surface area contributed by atoms with E-state index in [1.807, 2.05) is 0 Å². The topological polar surface area (TPSA) is 112 Å². The molecular weight excluding hydrogens is 370 g/mol. The Kier molecular flexibility index (Phi) is 4.23. The number of rotatable bonds is 3. The minimum atomic E-state index is -3.28. The molecule has 1 aliphatic rings. The molecule has 140 valence electrons. The molecule has 9 heteroatoms. The van der Waals surface area contributed by atoms with E-state index in [1.165, 1.54) is 4.31 Å². The lowest BCUT2D eigenvalue weighted by Gasteiger charge is -2.28. The second-order valence-electron chi connectivity index (χ2n) is 6.32. The van der Waals surface area contributed by atoms with Crippen LogP contribution in [0.15, 0.2) is 51.7 Å². The van der Waals surface area contributed by atoms with Crippen LogP contribution in [0, 0.1) is 0 Å². The van der Waals surface area contributed by atoms with Crippen molar-refractivity contribution in [3.63, 3.8) is 0 Å². The van der Waals surface area contributed by atoms with Gasteiger partial charge in [-0.3, -0.25) is 14.1 Å². The predicted octanol–water partition coefficient (Wildman–Crippen LogP) is 2.30. The van der Waals surface area contributed by atoms with Crippen molar-refractivity contribution in [1.82, 2.24) is 4.98 Å². The Balaban J connectivity index is 1.52. The molecule has 8 nitrogen and oxygen atoms in total. The van der Waals surface area contributed by atoms with Gasteiger partial charge in [-0.1, -0.05) is 0 Å². The number of nitrogens with zero attached hydrogens (tertiary/aromatic N) is 1. The van der Waals surface area contributed by atoms with Crippen LogP contribution in [0.2, 0.25) is 0 Å². The molecule has 27 heavy (non-hydrogen) atoms. The van der Waals surface area contributed by atoms with Crippen LogP contribution in [-0.4, -0.2) is 31.6 Å². The van der Waals surface area contributed by atoms with Gasteiger partial charge in [0, 0.05) is 23.9 Å². The average molecular weight is 387 g/mol. The van der Waals surface area contributed by atoms with Crippen molar-refractivity contribution in [1.29, 1.82) is 0 Å². The SMILES string of the molecule is O=C(Nc1ccc2[nH]c(=O)oc2c1)c1ccc(N2CCCCS2(=O)=O)cc1. The Hall–Kier alpha value is -3.07. The number of benzene rings is 2. The van der Waals surface area contributed by atoms with Gasteiger partial charge >= 0.3 is 5.76 Å². The fraction of sp³-hybridized carbons (Fsp3) is 0.222. The van der Waals surface area contributed by atoms with Crippen molar-refractivity contribution in [2.24, 2.45) is 0 Å².